The molecule has 3 nitrogen and oxygen atoms in total. The average Bonchev–Trinajstić information content (AvgIpc) is 2.88. The summed E-state index contributed by atoms with van der Waals surface area (Å²) in [4.78, 5) is 5.41. The van der Waals surface area contributed by atoms with E-state index in [9.17, 15) is 5.11 Å². The van der Waals surface area contributed by atoms with Crippen LogP contribution in [0.4, 0.5) is 5.69 Å². The molecule has 5 heteroatoms. The number of hydrogen-bond acceptors (Lipinski definition) is 4. The van der Waals surface area contributed by atoms with Gasteiger partial charge in [-0.05, 0) is 47.1 Å². The highest BCUT2D eigenvalue weighted by atomic mass is 79.9. The monoisotopic (exact) mass is 387 g/mol. The van der Waals surface area contributed by atoms with Crippen molar-refractivity contribution in [2.24, 2.45) is 4.99 Å². The molecule has 0 amide bonds. The Bertz CT molecular complexity index is 840. The number of hydrogen-bond donors (Lipinski definition) is 1. The minimum Gasteiger partial charge on any atom is -0.508 e. The van der Waals surface area contributed by atoms with Crippen molar-refractivity contribution in [1.82, 2.24) is 0 Å². The Balaban J connectivity index is 1.76. The van der Waals surface area contributed by atoms with Gasteiger partial charge in [0, 0.05) is 17.0 Å². The molecule has 3 rings (SSSR count). The van der Waals surface area contributed by atoms with Crippen LogP contribution in [0.15, 0.2) is 78.5 Å². The first-order valence-corrected chi connectivity index (χ1v) is 8.58. The zero-order chi connectivity index (χ0) is 16.2. The maximum Gasteiger partial charge on any atom is 0.179 e. The van der Waals surface area contributed by atoms with Crippen LogP contribution in [0.25, 0.3) is 0 Å². The Morgan fingerprint density at radius 3 is 2.65 bits per heavy atom. The molecule has 0 aliphatic carbocycles. The summed E-state index contributed by atoms with van der Waals surface area (Å²) in [5.74, 6) is 0.839. The predicted molar refractivity (Wildman–Crippen MR) is 97.1 cm³/mol. The fraction of sp³-hybridized carbons (Fsp3) is 0.0556. The van der Waals surface area contributed by atoms with E-state index in [-0.39, 0.29) is 5.75 Å². The van der Waals surface area contributed by atoms with Gasteiger partial charge in [-0.25, -0.2) is 0 Å². The fourth-order valence-corrected chi connectivity index (χ4v) is 3.26. The van der Waals surface area contributed by atoms with Crippen molar-refractivity contribution < 1.29 is 9.52 Å². The molecule has 1 N–H and O–H groups in total. The molecule has 0 saturated carbocycles. The molecule has 116 valence electrons. The zero-order valence-corrected chi connectivity index (χ0v) is 14.8. The number of aryl methyl sites for hydroxylation is 1. The van der Waals surface area contributed by atoms with Gasteiger partial charge in [0.2, 0.25) is 0 Å². The van der Waals surface area contributed by atoms with Crippen LogP contribution in [0.1, 0.15) is 11.3 Å². The molecule has 0 fully saturated rings. The van der Waals surface area contributed by atoms with Crippen LogP contribution < -0.4 is 0 Å². The molecule has 0 radical (unpaired) electrons. The van der Waals surface area contributed by atoms with Crippen molar-refractivity contribution in [3.8, 4) is 5.75 Å². The summed E-state index contributed by atoms with van der Waals surface area (Å²) in [7, 11) is 0. The molecule has 0 bridgehead atoms. The minimum absolute atomic E-state index is 0.191. The van der Waals surface area contributed by atoms with Gasteiger partial charge in [0.25, 0.3) is 0 Å². The molecule has 3 aromatic rings. The first-order valence-electron chi connectivity index (χ1n) is 6.97. The van der Waals surface area contributed by atoms with E-state index in [0.29, 0.717) is 11.4 Å². The lowest BCUT2D eigenvalue weighted by Gasteiger charge is -1.99. The van der Waals surface area contributed by atoms with E-state index in [1.165, 1.54) is 5.56 Å². The summed E-state index contributed by atoms with van der Waals surface area (Å²) in [6.07, 6.45) is 1.64. The van der Waals surface area contributed by atoms with Crippen LogP contribution in [-0.4, -0.2) is 11.3 Å². The van der Waals surface area contributed by atoms with Gasteiger partial charge in [0.1, 0.15) is 11.5 Å². The number of nitrogens with zero attached hydrogens (tertiary/aromatic N) is 1. The maximum absolute atomic E-state index is 9.43. The number of phenolic OH excluding ortho intramolecular Hbond substituents is 1. The van der Waals surface area contributed by atoms with Gasteiger partial charge in [0.05, 0.1) is 16.4 Å². The summed E-state index contributed by atoms with van der Waals surface area (Å²) in [6, 6.07) is 16.9. The molecule has 2 aromatic carbocycles. The SMILES string of the molecule is Cc1ccc(Sc2oc(C=Nc3cccc(O)c3)cc2Br)cc1. The Morgan fingerprint density at radius 1 is 1.13 bits per heavy atom. The van der Waals surface area contributed by atoms with E-state index >= 15 is 0 Å². The Morgan fingerprint density at radius 2 is 1.91 bits per heavy atom. The normalized spacial score (nSPS) is 11.2. The highest BCUT2D eigenvalue weighted by molar-refractivity contribution is 9.10. The number of benzene rings is 2. The molecule has 1 aromatic heterocycles. The first kappa shape index (κ1) is 15.9. The smallest absolute Gasteiger partial charge is 0.179 e. The Hall–Kier alpha value is -1.98. The molecular weight excluding hydrogens is 374 g/mol. The van der Waals surface area contributed by atoms with Crippen molar-refractivity contribution in [2.75, 3.05) is 0 Å². The topological polar surface area (TPSA) is 45.7 Å². The molecule has 0 spiro atoms. The number of furan rings is 1. The van der Waals surface area contributed by atoms with Gasteiger partial charge in [-0.3, -0.25) is 4.99 Å². The van der Waals surface area contributed by atoms with Crippen LogP contribution >= 0.6 is 27.7 Å². The van der Waals surface area contributed by atoms with Gasteiger partial charge in [-0.15, -0.1) is 0 Å². The molecular formula is C18H14BrNO2S. The predicted octanol–water partition coefficient (Wildman–Crippen LogP) is 5.96. The van der Waals surface area contributed by atoms with E-state index in [4.69, 9.17) is 4.42 Å². The molecule has 23 heavy (non-hydrogen) atoms. The van der Waals surface area contributed by atoms with Crippen LogP contribution in [0, 0.1) is 6.92 Å². The highest BCUT2D eigenvalue weighted by Crippen LogP contribution is 2.35. The lowest BCUT2D eigenvalue weighted by Crippen LogP contribution is -1.75. The molecule has 0 aliphatic heterocycles. The van der Waals surface area contributed by atoms with Crippen molar-refractivity contribution in [1.29, 1.82) is 0 Å². The number of aromatic hydroxyl groups is 1. The van der Waals surface area contributed by atoms with Gasteiger partial charge >= 0.3 is 0 Å². The standard InChI is InChI=1S/C18H14BrNO2S/c1-12-5-7-16(8-6-12)23-18-17(19)10-15(22-18)11-20-13-3-2-4-14(21)9-13/h2-11,21H,1H3. The van der Waals surface area contributed by atoms with Gasteiger partial charge in [-0.1, -0.05) is 35.5 Å². The molecule has 0 unspecified atom stereocenters. The molecule has 1 heterocycles. The third kappa shape index (κ3) is 4.27. The van der Waals surface area contributed by atoms with Crippen molar-refractivity contribution in [2.45, 2.75) is 16.9 Å². The average molecular weight is 388 g/mol. The van der Waals surface area contributed by atoms with E-state index < -0.39 is 0 Å². The first-order chi connectivity index (χ1) is 11.1. The minimum atomic E-state index is 0.191. The Labute approximate surface area is 147 Å². The summed E-state index contributed by atoms with van der Waals surface area (Å²) < 4.78 is 6.69. The largest absolute Gasteiger partial charge is 0.508 e. The van der Waals surface area contributed by atoms with Crippen LogP contribution in [0.3, 0.4) is 0 Å². The lowest BCUT2D eigenvalue weighted by atomic mass is 10.2. The van der Waals surface area contributed by atoms with Gasteiger partial charge < -0.3 is 9.52 Å². The molecule has 0 saturated heterocycles. The highest BCUT2D eigenvalue weighted by Gasteiger charge is 2.09. The molecule has 0 atom stereocenters. The summed E-state index contributed by atoms with van der Waals surface area (Å²) in [6.45, 7) is 2.06. The zero-order valence-electron chi connectivity index (χ0n) is 12.4. The van der Waals surface area contributed by atoms with Gasteiger partial charge in [-0.2, -0.15) is 0 Å². The number of aliphatic imine (C=N–C) groups is 1. The van der Waals surface area contributed by atoms with Crippen LogP contribution in [0.2, 0.25) is 0 Å². The summed E-state index contributed by atoms with van der Waals surface area (Å²) in [5.41, 5.74) is 1.90. The summed E-state index contributed by atoms with van der Waals surface area (Å²) >= 11 is 5.06. The second-order valence-corrected chi connectivity index (χ2v) is 6.88. The maximum atomic E-state index is 9.43. The third-order valence-corrected chi connectivity index (χ3v) is 4.92. The van der Waals surface area contributed by atoms with Gasteiger partial charge in [0.15, 0.2) is 5.09 Å². The summed E-state index contributed by atoms with van der Waals surface area (Å²) in [5, 5.41) is 10.2. The van der Waals surface area contributed by atoms with Crippen molar-refractivity contribution >= 4 is 39.6 Å². The van der Waals surface area contributed by atoms with E-state index in [2.05, 4.69) is 52.1 Å². The van der Waals surface area contributed by atoms with E-state index in [1.807, 2.05) is 12.1 Å². The second kappa shape index (κ2) is 7.06. The molecule has 0 aliphatic rings. The fourth-order valence-electron chi connectivity index (χ4n) is 1.93. The number of phenols is 1. The quantitative estimate of drug-likeness (QED) is 0.561. The Kier molecular flexibility index (Phi) is 4.88. The third-order valence-electron chi connectivity index (χ3n) is 3.08. The van der Waals surface area contributed by atoms with Crippen LogP contribution in [0.5, 0.6) is 5.75 Å². The van der Waals surface area contributed by atoms with Crippen molar-refractivity contribution in [3.05, 3.63) is 70.4 Å². The van der Waals surface area contributed by atoms with Crippen LogP contribution in [-0.2, 0) is 0 Å². The number of halogens is 1. The second-order valence-electron chi connectivity index (χ2n) is 4.98. The van der Waals surface area contributed by atoms with E-state index in [0.717, 1.165) is 14.5 Å². The van der Waals surface area contributed by atoms with E-state index in [1.54, 1.807) is 36.2 Å². The number of rotatable bonds is 4. The lowest BCUT2D eigenvalue weighted by molar-refractivity contribution is 0.466. The van der Waals surface area contributed by atoms with Crippen molar-refractivity contribution in [3.63, 3.8) is 0 Å².